The van der Waals surface area contributed by atoms with Crippen LogP contribution in [0.2, 0.25) is 0 Å². The average Bonchev–Trinajstić information content (AvgIpc) is 3.11. The summed E-state index contributed by atoms with van der Waals surface area (Å²) in [4.78, 5) is 14.6. The largest absolute Gasteiger partial charge is 0.390 e. The van der Waals surface area contributed by atoms with Crippen molar-refractivity contribution >= 4 is 6.08 Å². The Balaban J connectivity index is 1.69. The molecule has 3 nitrogen and oxygen atoms in total. The van der Waals surface area contributed by atoms with Gasteiger partial charge in [0.2, 0.25) is 6.08 Å². The van der Waals surface area contributed by atoms with Gasteiger partial charge in [-0.3, -0.25) is 0 Å². The van der Waals surface area contributed by atoms with E-state index in [4.69, 9.17) is 0 Å². The number of aliphatic imine (C=N–C) groups is 1. The summed E-state index contributed by atoms with van der Waals surface area (Å²) in [5.41, 5.74) is 1.69. The summed E-state index contributed by atoms with van der Waals surface area (Å²) in [6, 6.07) is 8.35. The fraction of sp³-hybridized carbons (Fsp3) is 0.562. The molecule has 2 aliphatic rings. The van der Waals surface area contributed by atoms with Gasteiger partial charge in [-0.25, -0.2) is 4.79 Å². The van der Waals surface area contributed by atoms with Crippen molar-refractivity contribution in [3.8, 4) is 0 Å². The smallest absolute Gasteiger partial charge is 0.235 e. The highest BCUT2D eigenvalue weighted by molar-refractivity contribution is 5.40. The number of rotatable bonds is 5. The molecular formula is C16H19NO2. The van der Waals surface area contributed by atoms with Gasteiger partial charge in [-0.05, 0) is 56.1 Å². The Morgan fingerprint density at radius 1 is 1.16 bits per heavy atom. The second kappa shape index (κ2) is 4.59. The molecule has 0 spiro atoms. The van der Waals surface area contributed by atoms with Crippen molar-refractivity contribution in [3.05, 3.63) is 35.4 Å². The first-order valence-corrected chi connectivity index (χ1v) is 7.07. The van der Waals surface area contributed by atoms with Crippen molar-refractivity contribution in [1.29, 1.82) is 0 Å². The second-order valence-corrected chi connectivity index (χ2v) is 6.01. The van der Waals surface area contributed by atoms with E-state index >= 15 is 0 Å². The predicted molar refractivity (Wildman–Crippen MR) is 72.6 cm³/mol. The van der Waals surface area contributed by atoms with Crippen molar-refractivity contribution < 1.29 is 9.90 Å². The molecule has 1 aromatic carbocycles. The number of isocyanates is 1. The average molecular weight is 257 g/mol. The van der Waals surface area contributed by atoms with Crippen molar-refractivity contribution in [2.45, 2.75) is 56.1 Å². The third-order valence-corrected chi connectivity index (χ3v) is 4.64. The molecule has 2 aliphatic carbocycles. The van der Waals surface area contributed by atoms with Crippen LogP contribution in [0.5, 0.6) is 0 Å². The van der Waals surface area contributed by atoms with Gasteiger partial charge in [0.25, 0.3) is 0 Å². The minimum atomic E-state index is -0.379. The number of carbonyl (C=O) groups excluding carboxylic acids is 1. The number of hydrogen-bond acceptors (Lipinski definition) is 3. The van der Waals surface area contributed by atoms with Crippen molar-refractivity contribution in [3.63, 3.8) is 0 Å². The molecule has 0 bridgehead atoms. The normalized spacial score (nSPS) is 22.2. The SMILES string of the molecule is O=C=NC1(c2ccc(CCC3(O)CC3)cc2)CCC1. The molecule has 0 heterocycles. The van der Waals surface area contributed by atoms with Gasteiger partial charge in [-0.1, -0.05) is 24.3 Å². The van der Waals surface area contributed by atoms with Gasteiger partial charge in [0.15, 0.2) is 0 Å². The van der Waals surface area contributed by atoms with E-state index in [9.17, 15) is 9.90 Å². The van der Waals surface area contributed by atoms with Gasteiger partial charge < -0.3 is 5.11 Å². The predicted octanol–water partition coefficient (Wildman–Crippen LogP) is 2.86. The Morgan fingerprint density at radius 2 is 1.84 bits per heavy atom. The van der Waals surface area contributed by atoms with E-state index in [0.29, 0.717) is 0 Å². The van der Waals surface area contributed by atoms with E-state index in [0.717, 1.165) is 50.5 Å². The lowest BCUT2D eigenvalue weighted by atomic mass is 9.72. The number of aliphatic hydroxyl groups is 1. The summed E-state index contributed by atoms with van der Waals surface area (Å²) in [7, 11) is 0. The highest BCUT2D eigenvalue weighted by atomic mass is 16.3. The van der Waals surface area contributed by atoms with Crippen molar-refractivity contribution in [2.75, 3.05) is 0 Å². The lowest BCUT2D eigenvalue weighted by Gasteiger charge is -2.37. The summed E-state index contributed by atoms with van der Waals surface area (Å²) in [5, 5.41) is 9.83. The van der Waals surface area contributed by atoms with Crippen LogP contribution in [0, 0.1) is 0 Å². The van der Waals surface area contributed by atoms with Gasteiger partial charge in [0, 0.05) is 0 Å². The molecule has 0 atom stereocenters. The first-order chi connectivity index (χ1) is 9.16. The zero-order chi connectivity index (χ0) is 13.3. The molecule has 3 rings (SSSR count). The maximum Gasteiger partial charge on any atom is 0.235 e. The van der Waals surface area contributed by atoms with Gasteiger partial charge in [0.05, 0.1) is 11.1 Å². The fourth-order valence-electron chi connectivity index (χ4n) is 2.82. The van der Waals surface area contributed by atoms with Crippen LogP contribution in [0.4, 0.5) is 0 Å². The molecule has 0 aliphatic heterocycles. The maximum atomic E-state index is 10.6. The van der Waals surface area contributed by atoms with Crippen LogP contribution in [-0.2, 0) is 16.8 Å². The van der Waals surface area contributed by atoms with E-state index in [1.165, 1.54) is 5.56 Å². The topological polar surface area (TPSA) is 49.7 Å². The number of aryl methyl sites for hydroxylation is 1. The van der Waals surface area contributed by atoms with Crippen LogP contribution < -0.4 is 0 Å². The maximum absolute atomic E-state index is 10.6. The van der Waals surface area contributed by atoms with Crippen LogP contribution in [0.3, 0.4) is 0 Å². The Bertz CT molecular complexity index is 506. The first-order valence-electron chi connectivity index (χ1n) is 7.07. The first kappa shape index (κ1) is 12.6. The summed E-state index contributed by atoms with van der Waals surface area (Å²) in [6.07, 6.45) is 8.40. The van der Waals surface area contributed by atoms with Gasteiger partial charge in [-0.15, -0.1) is 0 Å². The third kappa shape index (κ3) is 2.49. The van der Waals surface area contributed by atoms with Gasteiger partial charge >= 0.3 is 0 Å². The molecule has 0 unspecified atom stereocenters. The molecule has 100 valence electrons. The summed E-state index contributed by atoms with van der Waals surface area (Å²) in [5.74, 6) is 0. The van der Waals surface area contributed by atoms with Crippen LogP contribution in [-0.4, -0.2) is 16.8 Å². The molecule has 1 aromatic rings. The minimum absolute atomic E-state index is 0.297. The molecule has 2 fully saturated rings. The molecule has 0 aromatic heterocycles. The number of benzene rings is 1. The van der Waals surface area contributed by atoms with E-state index in [1.54, 1.807) is 6.08 Å². The standard InChI is InChI=1S/C16H19NO2/c18-12-17-16(7-1-8-16)14-4-2-13(3-5-14)6-9-15(19)10-11-15/h2-5,19H,1,6-11H2. The quantitative estimate of drug-likeness (QED) is 0.651. The van der Waals surface area contributed by atoms with Gasteiger partial charge in [-0.2, -0.15) is 4.99 Å². The Morgan fingerprint density at radius 3 is 2.32 bits per heavy atom. The lowest BCUT2D eigenvalue weighted by Crippen LogP contribution is -2.31. The van der Waals surface area contributed by atoms with Gasteiger partial charge in [0.1, 0.15) is 0 Å². The highest BCUT2D eigenvalue weighted by Gasteiger charge is 2.40. The van der Waals surface area contributed by atoms with Crippen LogP contribution >= 0.6 is 0 Å². The van der Waals surface area contributed by atoms with Crippen molar-refractivity contribution in [1.82, 2.24) is 0 Å². The fourth-order valence-corrected chi connectivity index (χ4v) is 2.82. The Hall–Kier alpha value is -1.44. The molecule has 0 amide bonds. The lowest BCUT2D eigenvalue weighted by molar-refractivity contribution is 0.140. The molecule has 3 heteroatoms. The molecule has 0 radical (unpaired) electrons. The molecule has 0 saturated heterocycles. The summed E-state index contributed by atoms with van der Waals surface area (Å²) in [6.45, 7) is 0. The molecule has 2 saturated carbocycles. The minimum Gasteiger partial charge on any atom is -0.390 e. The second-order valence-electron chi connectivity index (χ2n) is 6.01. The summed E-state index contributed by atoms with van der Waals surface area (Å²) >= 11 is 0. The summed E-state index contributed by atoms with van der Waals surface area (Å²) < 4.78 is 0. The van der Waals surface area contributed by atoms with Crippen molar-refractivity contribution in [2.24, 2.45) is 4.99 Å². The Labute approximate surface area is 113 Å². The zero-order valence-electron chi connectivity index (χ0n) is 11.1. The molecular weight excluding hydrogens is 238 g/mol. The van der Waals surface area contributed by atoms with Crippen LogP contribution in [0.25, 0.3) is 0 Å². The molecule has 1 N–H and O–H groups in total. The number of hydrogen-bond donors (Lipinski definition) is 1. The van der Waals surface area contributed by atoms with E-state index < -0.39 is 0 Å². The monoisotopic (exact) mass is 257 g/mol. The zero-order valence-corrected chi connectivity index (χ0v) is 11.1. The van der Waals surface area contributed by atoms with Crippen LogP contribution in [0.1, 0.15) is 49.7 Å². The Kier molecular flexibility index (Phi) is 3.04. The molecule has 19 heavy (non-hydrogen) atoms. The third-order valence-electron chi connectivity index (χ3n) is 4.64. The van der Waals surface area contributed by atoms with Crippen LogP contribution in [0.15, 0.2) is 29.3 Å². The van der Waals surface area contributed by atoms with E-state index in [-0.39, 0.29) is 11.1 Å². The highest BCUT2D eigenvalue weighted by Crippen LogP contribution is 2.45. The number of nitrogens with zero attached hydrogens (tertiary/aromatic N) is 1. The van der Waals surface area contributed by atoms with E-state index in [1.807, 2.05) is 0 Å². The van der Waals surface area contributed by atoms with E-state index in [2.05, 4.69) is 29.3 Å².